The van der Waals surface area contributed by atoms with E-state index in [-0.39, 0.29) is 11.7 Å². The number of aryl methyl sites for hydroxylation is 2. The first-order valence-electron chi connectivity index (χ1n) is 9.38. The van der Waals surface area contributed by atoms with Crippen molar-refractivity contribution in [2.75, 3.05) is 5.32 Å². The van der Waals surface area contributed by atoms with Gasteiger partial charge in [0.15, 0.2) is 0 Å². The van der Waals surface area contributed by atoms with E-state index in [1.54, 1.807) is 19.1 Å². The Morgan fingerprint density at radius 1 is 0.968 bits per heavy atom. The maximum absolute atomic E-state index is 13.2. The molecule has 2 heterocycles. The summed E-state index contributed by atoms with van der Waals surface area (Å²) in [4.78, 5) is 31.0. The molecule has 0 radical (unpaired) electrons. The van der Waals surface area contributed by atoms with Crippen LogP contribution in [0.4, 0.5) is 9.39 Å². The number of nitrogens with two attached hydrogens (primary N) is 1. The second kappa shape index (κ2) is 8.41. The monoisotopic (exact) mass is 451 g/mol. The number of primary amides is 1. The summed E-state index contributed by atoms with van der Waals surface area (Å²) in [6.07, 6.45) is 0. The fourth-order valence-corrected chi connectivity index (χ4v) is 5.35. The van der Waals surface area contributed by atoms with Crippen LogP contribution in [0.1, 0.15) is 30.6 Å². The van der Waals surface area contributed by atoms with Gasteiger partial charge in [0.2, 0.25) is 0 Å². The number of rotatable bonds is 5. The standard InChI is InChI=1S/C23H18FN3O2S2/c1-12-19(31-22(26-12)15-8-10-16(24)11-9-15)21(29)27-23-18(20(25)28)17(13(2)30-23)14-6-4-3-5-7-14/h3-11H,1-2H3,(H2,25,28)(H,27,29). The number of thiophene rings is 1. The van der Waals surface area contributed by atoms with Crippen molar-refractivity contribution in [3.05, 3.63) is 81.4 Å². The zero-order valence-corrected chi connectivity index (χ0v) is 18.4. The zero-order valence-electron chi connectivity index (χ0n) is 16.7. The Morgan fingerprint density at radius 3 is 2.29 bits per heavy atom. The molecule has 0 bridgehead atoms. The summed E-state index contributed by atoms with van der Waals surface area (Å²) in [5, 5.41) is 3.87. The number of benzene rings is 2. The van der Waals surface area contributed by atoms with E-state index in [9.17, 15) is 14.0 Å². The molecule has 0 aliphatic carbocycles. The van der Waals surface area contributed by atoms with E-state index in [0.717, 1.165) is 21.6 Å². The number of amides is 2. The molecule has 2 amide bonds. The van der Waals surface area contributed by atoms with E-state index >= 15 is 0 Å². The van der Waals surface area contributed by atoms with E-state index < -0.39 is 5.91 Å². The predicted molar refractivity (Wildman–Crippen MR) is 123 cm³/mol. The van der Waals surface area contributed by atoms with Gasteiger partial charge in [0.05, 0.1) is 11.3 Å². The van der Waals surface area contributed by atoms with Crippen LogP contribution in [0.25, 0.3) is 21.7 Å². The van der Waals surface area contributed by atoms with Crippen molar-refractivity contribution in [1.29, 1.82) is 0 Å². The van der Waals surface area contributed by atoms with Crippen LogP contribution in [0.2, 0.25) is 0 Å². The van der Waals surface area contributed by atoms with Crippen LogP contribution >= 0.6 is 22.7 Å². The first kappa shape index (κ1) is 20.9. The second-order valence-corrected chi connectivity index (χ2v) is 9.09. The molecule has 8 heteroatoms. The van der Waals surface area contributed by atoms with E-state index in [1.807, 2.05) is 37.3 Å². The van der Waals surface area contributed by atoms with E-state index in [1.165, 1.54) is 34.8 Å². The minimum absolute atomic E-state index is 0.294. The average Bonchev–Trinajstić information content (AvgIpc) is 3.29. The van der Waals surface area contributed by atoms with Gasteiger partial charge in [0, 0.05) is 16.0 Å². The molecule has 0 saturated carbocycles. The van der Waals surface area contributed by atoms with Crippen molar-refractivity contribution in [2.24, 2.45) is 5.73 Å². The van der Waals surface area contributed by atoms with Crippen molar-refractivity contribution in [3.8, 4) is 21.7 Å². The Kier molecular flexibility index (Phi) is 5.67. The molecule has 4 aromatic rings. The van der Waals surface area contributed by atoms with Crippen molar-refractivity contribution in [2.45, 2.75) is 13.8 Å². The van der Waals surface area contributed by atoms with Crippen LogP contribution in [-0.2, 0) is 0 Å². The lowest BCUT2D eigenvalue weighted by Crippen LogP contribution is -2.17. The van der Waals surface area contributed by atoms with Gasteiger partial charge < -0.3 is 11.1 Å². The van der Waals surface area contributed by atoms with Gasteiger partial charge in [0.25, 0.3) is 11.8 Å². The van der Waals surface area contributed by atoms with Crippen molar-refractivity contribution in [1.82, 2.24) is 4.98 Å². The highest BCUT2D eigenvalue weighted by Crippen LogP contribution is 2.40. The molecule has 2 aromatic carbocycles. The van der Waals surface area contributed by atoms with Crippen LogP contribution in [0, 0.1) is 19.7 Å². The highest BCUT2D eigenvalue weighted by atomic mass is 32.1. The molecule has 3 N–H and O–H groups in total. The first-order valence-corrected chi connectivity index (χ1v) is 11.0. The Bertz CT molecular complexity index is 1280. The molecule has 31 heavy (non-hydrogen) atoms. The third-order valence-electron chi connectivity index (χ3n) is 4.71. The van der Waals surface area contributed by atoms with Gasteiger partial charge >= 0.3 is 0 Å². The summed E-state index contributed by atoms with van der Waals surface area (Å²) in [7, 11) is 0. The molecule has 0 atom stereocenters. The third-order valence-corrected chi connectivity index (χ3v) is 6.94. The van der Waals surface area contributed by atoms with Gasteiger partial charge in [-0.1, -0.05) is 30.3 Å². The number of aromatic nitrogens is 1. The molecule has 0 unspecified atom stereocenters. The number of halogens is 1. The molecule has 5 nitrogen and oxygen atoms in total. The fraction of sp³-hybridized carbons (Fsp3) is 0.0870. The van der Waals surface area contributed by atoms with Crippen LogP contribution in [-0.4, -0.2) is 16.8 Å². The number of anilines is 1. The van der Waals surface area contributed by atoms with Crippen LogP contribution < -0.4 is 11.1 Å². The fourth-order valence-electron chi connectivity index (χ4n) is 3.30. The molecule has 0 aliphatic rings. The minimum Gasteiger partial charge on any atom is -0.365 e. The highest BCUT2D eigenvalue weighted by molar-refractivity contribution is 7.18. The lowest BCUT2D eigenvalue weighted by molar-refractivity contribution is 0.100. The number of carbonyl (C=O) groups excluding carboxylic acids is 2. The maximum Gasteiger partial charge on any atom is 0.268 e. The SMILES string of the molecule is Cc1nc(-c2ccc(F)cc2)sc1C(=O)Nc1sc(C)c(-c2ccccc2)c1C(N)=O. The number of thiazole rings is 1. The summed E-state index contributed by atoms with van der Waals surface area (Å²) in [6.45, 7) is 3.63. The van der Waals surface area contributed by atoms with Crippen molar-refractivity contribution in [3.63, 3.8) is 0 Å². The summed E-state index contributed by atoms with van der Waals surface area (Å²) < 4.78 is 13.2. The molecule has 0 saturated heterocycles. The summed E-state index contributed by atoms with van der Waals surface area (Å²) in [5.74, 6) is -1.31. The molecular formula is C23H18FN3O2S2. The molecular weight excluding hydrogens is 433 g/mol. The van der Waals surface area contributed by atoms with Gasteiger partial charge in [-0.25, -0.2) is 9.37 Å². The third kappa shape index (κ3) is 4.12. The lowest BCUT2D eigenvalue weighted by Gasteiger charge is -2.06. The lowest BCUT2D eigenvalue weighted by atomic mass is 10.0. The van der Waals surface area contributed by atoms with Crippen molar-refractivity contribution < 1.29 is 14.0 Å². The molecule has 2 aromatic heterocycles. The van der Waals surface area contributed by atoms with Crippen molar-refractivity contribution >= 4 is 39.5 Å². The number of nitrogens with zero attached hydrogens (tertiary/aromatic N) is 1. The number of hydrogen-bond acceptors (Lipinski definition) is 5. The van der Waals surface area contributed by atoms with Gasteiger partial charge in [-0.05, 0) is 43.7 Å². The highest BCUT2D eigenvalue weighted by Gasteiger charge is 2.24. The average molecular weight is 452 g/mol. The number of hydrogen-bond donors (Lipinski definition) is 2. The Morgan fingerprint density at radius 2 is 1.65 bits per heavy atom. The first-order chi connectivity index (χ1) is 14.8. The van der Waals surface area contributed by atoms with E-state index in [0.29, 0.717) is 26.1 Å². The van der Waals surface area contributed by atoms with Gasteiger partial charge in [-0.3, -0.25) is 9.59 Å². The van der Waals surface area contributed by atoms with Gasteiger partial charge in [-0.2, -0.15) is 0 Å². The predicted octanol–water partition coefficient (Wildman–Crippen LogP) is 5.65. The van der Waals surface area contributed by atoms with Crippen LogP contribution in [0.15, 0.2) is 54.6 Å². The summed E-state index contributed by atoms with van der Waals surface area (Å²) in [5.41, 5.74) is 8.84. The number of nitrogens with one attached hydrogen (secondary N) is 1. The molecule has 156 valence electrons. The number of carbonyl (C=O) groups is 2. The largest absolute Gasteiger partial charge is 0.365 e. The molecule has 0 fully saturated rings. The van der Waals surface area contributed by atoms with Gasteiger partial charge in [-0.15, -0.1) is 22.7 Å². The summed E-state index contributed by atoms with van der Waals surface area (Å²) in [6, 6.07) is 15.4. The van der Waals surface area contributed by atoms with E-state index in [2.05, 4.69) is 10.3 Å². The zero-order chi connectivity index (χ0) is 22.1. The molecule has 0 aliphatic heterocycles. The van der Waals surface area contributed by atoms with Crippen LogP contribution in [0.3, 0.4) is 0 Å². The Hall–Kier alpha value is -3.36. The summed E-state index contributed by atoms with van der Waals surface area (Å²) >= 11 is 2.52. The van der Waals surface area contributed by atoms with Gasteiger partial charge in [0.1, 0.15) is 20.7 Å². The minimum atomic E-state index is -0.605. The molecule has 4 rings (SSSR count). The topological polar surface area (TPSA) is 85.1 Å². The smallest absolute Gasteiger partial charge is 0.268 e. The Balaban J connectivity index is 1.68. The Labute approximate surface area is 186 Å². The van der Waals surface area contributed by atoms with E-state index in [4.69, 9.17) is 5.73 Å². The van der Waals surface area contributed by atoms with Crippen LogP contribution in [0.5, 0.6) is 0 Å². The quantitative estimate of drug-likeness (QED) is 0.411. The normalized spacial score (nSPS) is 10.8. The molecule has 0 spiro atoms. The maximum atomic E-state index is 13.2. The second-order valence-electron chi connectivity index (χ2n) is 6.86.